The van der Waals surface area contributed by atoms with Gasteiger partial charge < -0.3 is 15.6 Å². The molecular weight excluding hydrogens is 413 g/mol. The quantitative estimate of drug-likeness (QED) is 0.475. The summed E-state index contributed by atoms with van der Waals surface area (Å²) in [5.74, 6) is 0.101. The number of imidazole rings is 1. The molecule has 0 aliphatic carbocycles. The van der Waals surface area contributed by atoms with Crippen LogP contribution in [0.4, 0.5) is 13.2 Å². The van der Waals surface area contributed by atoms with Crippen molar-refractivity contribution in [2.24, 2.45) is 11.1 Å². The van der Waals surface area contributed by atoms with E-state index in [2.05, 4.69) is 26.1 Å². The van der Waals surface area contributed by atoms with Gasteiger partial charge in [-0.15, -0.1) is 0 Å². The summed E-state index contributed by atoms with van der Waals surface area (Å²) in [5, 5.41) is 3.48. The number of nitrogens with two attached hydrogens (primary N) is 1. The molecule has 0 saturated heterocycles. The summed E-state index contributed by atoms with van der Waals surface area (Å²) in [5.41, 5.74) is 7.60. The first-order valence-electron chi connectivity index (χ1n) is 10.8. The Hall–Kier alpha value is -2.64. The van der Waals surface area contributed by atoms with Crippen LogP contribution in [-0.4, -0.2) is 28.8 Å². The van der Waals surface area contributed by atoms with E-state index in [4.69, 9.17) is 10.7 Å². The minimum absolute atomic E-state index is 0.190. The molecule has 2 atom stereocenters. The van der Waals surface area contributed by atoms with E-state index in [9.17, 15) is 13.2 Å². The van der Waals surface area contributed by atoms with Gasteiger partial charge in [0.25, 0.3) is 0 Å². The largest absolute Gasteiger partial charge is 0.329 e. The number of rotatable bonds is 9. The van der Waals surface area contributed by atoms with E-state index in [1.54, 1.807) is 12.1 Å². The minimum Gasteiger partial charge on any atom is -0.329 e. The van der Waals surface area contributed by atoms with Crippen molar-refractivity contribution in [3.8, 4) is 11.3 Å². The second-order valence-electron chi connectivity index (χ2n) is 9.21. The molecule has 32 heavy (non-hydrogen) atoms. The molecule has 0 amide bonds. The third kappa shape index (κ3) is 6.20. The topological polar surface area (TPSA) is 55.9 Å². The van der Waals surface area contributed by atoms with Gasteiger partial charge >= 0.3 is 0 Å². The highest BCUT2D eigenvalue weighted by atomic mass is 19.1. The van der Waals surface area contributed by atoms with Crippen LogP contribution in [0.1, 0.15) is 44.6 Å². The number of hydrogen-bond acceptors (Lipinski definition) is 3. The van der Waals surface area contributed by atoms with Crippen molar-refractivity contribution in [1.29, 1.82) is 0 Å². The highest BCUT2D eigenvalue weighted by Crippen LogP contribution is 2.34. The zero-order chi connectivity index (χ0) is 23.3. The Kier molecular flexibility index (Phi) is 7.74. The monoisotopic (exact) mass is 444 g/mol. The Morgan fingerprint density at radius 1 is 1.06 bits per heavy atom. The lowest BCUT2D eigenvalue weighted by atomic mass is 9.86. The van der Waals surface area contributed by atoms with Crippen molar-refractivity contribution < 1.29 is 13.2 Å². The molecular formula is C25H31F3N4. The molecule has 0 radical (unpaired) electrons. The van der Waals surface area contributed by atoms with Crippen molar-refractivity contribution >= 4 is 0 Å². The molecule has 172 valence electrons. The molecule has 3 N–H and O–H groups in total. The number of hydrogen-bond donors (Lipinski definition) is 2. The Morgan fingerprint density at radius 3 is 2.38 bits per heavy atom. The summed E-state index contributed by atoms with van der Waals surface area (Å²) < 4.78 is 42.4. The predicted molar refractivity (Wildman–Crippen MR) is 122 cm³/mol. The SMILES string of the molecule is CC(C)(C)[C@@H](NCC[C@@H](N)CF)c1nc(-c2cccc(F)c2)cn1Cc1cccc(F)c1. The van der Waals surface area contributed by atoms with E-state index in [1.807, 2.05) is 22.9 Å². The molecule has 0 unspecified atom stereocenters. The molecule has 0 fully saturated rings. The third-order valence-electron chi connectivity index (χ3n) is 5.36. The van der Waals surface area contributed by atoms with E-state index < -0.39 is 12.7 Å². The van der Waals surface area contributed by atoms with Crippen molar-refractivity contribution in [3.05, 3.63) is 77.8 Å². The van der Waals surface area contributed by atoms with E-state index in [-0.39, 0.29) is 23.1 Å². The second kappa shape index (κ2) is 10.3. The lowest BCUT2D eigenvalue weighted by molar-refractivity contribution is 0.252. The maximum Gasteiger partial charge on any atom is 0.127 e. The van der Waals surface area contributed by atoms with Crippen LogP contribution in [0.3, 0.4) is 0 Å². The molecule has 0 bridgehead atoms. The Morgan fingerprint density at radius 2 is 1.75 bits per heavy atom. The average molecular weight is 445 g/mol. The van der Waals surface area contributed by atoms with Crippen molar-refractivity contribution in [3.63, 3.8) is 0 Å². The molecule has 2 aromatic carbocycles. The van der Waals surface area contributed by atoms with Gasteiger partial charge in [0, 0.05) is 24.3 Å². The Balaban J connectivity index is 2.01. The summed E-state index contributed by atoms with van der Waals surface area (Å²) >= 11 is 0. The van der Waals surface area contributed by atoms with Crippen LogP contribution in [-0.2, 0) is 6.54 Å². The molecule has 1 heterocycles. The lowest BCUT2D eigenvalue weighted by Crippen LogP contribution is -2.37. The summed E-state index contributed by atoms with van der Waals surface area (Å²) in [6, 6.07) is 12.0. The lowest BCUT2D eigenvalue weighted by Gasteiger charge is -2.32. The summed E-state index contributed by atoms with van der Waals surface area (Å²) in [4.78, 5) is 4.86. The summed E-state index contributed by atoms with van der Waals surface area (Å²) in [7, 11) is 0. The number of benzene rings is 2. The van der Waals surface area contributed by atoms with Crippen LogP contribution in [0.5, 0.6) is 0 Å². The van der Waals surface area contributed by atoms with Crippen LogP contribution in [0.15, 0.2) is 54.7 Å². The van der Waals surface area contributed by atoms with E-state index in [0.29, 0.717) is 30.8 Å². The number of aromatic nitrogens is 2. The number of nitrogens with one attached hydrogen (secondary N) is 1. The minimum atomic E-state index is -0.570. The van der Waals surface area contributed by atoms with Gasteiger partial charge in [-0.3, -0.25) is 0 Å². The Labute approximate surface area is 187 Å². The van der Waals surface area contributed by atoms with E-state index >= 15 is 0 Å². The summed E-state index contributed by atoms with van der Waals surface area (Å²) in [6.07, 6.45) is 2.35. The fraction of sp³-hybridized carbons (Fsp3) is 0.400. The first-order chi connectivity index (χ1) is 15.2. The van der Waals surface area contributed by atoms with Gasteiger partial charge in [0.2, 0.25) is 0 Å². The molecule has 4 nitrogen and oxygen atoms in total. The van der Waals surface area contributed by atoms with Gasteiger partial charge in [-0.2, -0.15) is 0 Å². The number of nitrogens with zero attached hydrogens (tertiary/aromatic N) is 2. The Bertz CT molecular complexity index is 1030. The van der Waals surface area contributed by atoms with Crippen LogP contribution < -0.4 is 11.1 Å². The maximum absolute atomic E-state index is 13.8. The summed E-state index contributed by atoms with van der Waals surface area (Å²) in [6.45, 7) is 6.62. The molecule has 1 aromatic heterocycles. The fourth-order valence-corrected chi connectivity index (χ4v) is 3.68. The molecule has 0 saturated carbocycles. The molecule has 3 rings (SSSR count). The van der Waals surface area contributed by atoms with E-state index in [0.717, 1.165) is 11.4 Å². The molecule has 7 heteroatoms. The second-order valence-corrected chi connectivity index (χ2v) is 9.21. The van der Waals surface area contributed by atoms with Crippen LogP contribution in [0.25, 0.3) is 11.3 Å². The third-order valence-corrected chi connectivity index (χ3v) is 5.36. The first kappa shape index (κ1) is 24.0. The van der Waals surface area contributed by atoms with Gasteiger partial charge in [-0.25, -0.2) is 18.2 Å². The molecule has 0 aliphatic rings. The zero-order valence-corrected chi connectivity index (χ0v) is 18.8. The van der Waals surface area contributed by atoms with Gasteiger partial charge in [-0.1, -0.05) is 45.0 Å². The maximum atomic E-state index is 13.8. The molecule has 0 spiro atoms. The zero-order valence-electron chi connectivity index (χ0n) is 18.8. The van der Waals surface area contributed by atoms with E-state index in [1.165, 1.54) is 24.3 Å². The standard InChI is InChI=1S/C25H31F3N4/c1-25(2,3)23(30-11-10-21(29)14-26)24-31-22(18-7-5-9-20(28)13-18)16-32(24)15-17-6-4-8-19(27)12-17/h4-9,12-13,16,21,23,30H,10-11,14-15,29H2,1-3H3/t21-,23+/m1/s1. The highest BCUT2D eigenvalue weighted by molar-refractivity contribution is 5.58. The smallest absolute Gasteiger partial charge is 0.127 e. The fourth-order valence-electron chi connectivity index (χ4n) is 3.68. The van der Waals surface area contributed by atoms with Crippen LogP contribution in [0.2, 0.25) is 0 Å². The van der Waals surface area contributed by atoms with Crippen LogP contribution in [0, 0.1) is 17.0 Å². The molecule has 0 aliphatic heterocycles. The number of alkyl halides is 1. The highest BCUT2D eigenvalue weighted by Gasteiger charge is 2.30. The van der Waals surface area contributed by atoms with Crippen molar-refractivity contribution in [2.75, 3.05) is 13.2 Å². The van der Waals surface area contributed by atoms with Crippen LogP contribution >= 0.6 is 0 Å². The average Bonchev–Trinajstić information content (AvgIpc) is 3.13. The normalized spacial score (nSPS) is 13.8. The molecule has 3 aromatic rings. The van der Waals surface area contributed by atoms with Crippen molar-refractivity contribution in [2.45, 2.75) is 45.8 Å². The van der Waals surface area contributed by atoms with Crippen molar-refractivity contribution in [1.82, 2.24) is 14.9 Å². The van der Waals surface area contributed by atoms with Gasteiger partial charge in [0.1, 0.15) is 24.1 Å². The van der Waals surface area contributed by atoms with Gasteiger partial charge in [0.05, 0.1) is 11.7 Å². The van der Waals surface area contributed by atoms with Gasteiger partial charge in [-0.05, 0) is 48.2 Å². The number of halogens is 3. The first-order valence-corrected chi connectivity index (χ1v) is 10.8. The predicted octanol–water partition coefficient (Wildman–Crippen LogP) is 5.24. The van der Waals surface area contributed by atoms with Gasteiger partial charge in [0.15, 0.2) is 0 Å².